The van der Waals surface area contributed by atoms with Crippen molar-refractivity contribution < 1.29 is 24.5 Å². The van der Waals surface area contributed by atoms with Gasteiger partial charge in [-0.25, -0.2) is 0 Å². The van der Waals surface area contributed by atoms with Gasteiger partial charge in [0.15, 0.2) is 0 Å². The van der Waals surface area contributed by atoms with Crippen LogP contribution in [0.25, 0.3) is 0 Å². The second-order valence-corrected chi connectivity index (χ2v) is 9.71. The molecule has 0 amide bonds. The van der Waals surface area contributed by atoms with E-state index in [-0.39, 0.29) is 10.6 Å². The summed E-state index contributed by atoms with van der Waals surface area (Å²) in [6.07, 6.45) is 0.777. The third kappa shape index (κ3) is 18.7. The summed E-state index contributed by atoms with van der Waals surface area (Å²) in [6, 6.07) is 14.7. The zero-order chi connectivity index (χ0) is 34.2. The van der Waals surface area contributed by atoms with E-state index in [0.717, 1.165) is 56.9 Å². The fourth-order valence-electron chi connectivity index (χ4n) is 4.14. The molecule has 46 heavy (non-hydrogen) atoms. The third-order valence-electron chi connectivity index (χ3n) is 6.06. The standard InChI is InChI=1S/C13H17N3O4.C13H19N3O2.C4H4.B4/c1-19-20-13-5-7-15(8-6-14-13)10-11-3-2-4-12(9-11)16(17)18;1-17-18-13-5-7-16(8-6-15-13)10-11-3-2-4-12(14)9-11;1-3-4-2;1-4(2)3/h2-4,9H,5-8,10H2,1H3;2-4,9H,5-8,10,14H2,1H3;1-2H2;. The number of nitrogens with zero attached hydrogens (tertiary/aromatic N) is 5. The van der Waals surface area contributed by atoms with Crippen LogP contribution in [0.2, 0.25) is 0 Å². The first-order valence-electron chi connectivity index (χ1n) is 14.4. The number of benzene rings is 2. The van der Waals surface area contributed by atoms with E-state index in [9.17, 15) is 10.1 Å². The van der Waals surface area contributed by atoms with Gasteiger partial charge in [0.2, 0.25) is 11.8 Å². The van der Waals surface area contributed by atoms with Crippen molar-refractivity contribution in [2.45, 2.75) is 25.9 Å². The first-order chi connectivity index (χ1) is 22.1. The quantitative estimate of drug-likeness (QED) is 0.123. The van der Waals surface area contributed by atoms with Crippen LogP contribution in [0.4, 0.5) is 11.4 Å². The number of hydrogen-bond acceptors (Lipinski definition) is 11. The van der Waals surface area contributed by atoms with Crippen LogP contribution in [0, 0.1) is 10.1 Å². The molecule has 0 fully saturated rings. The maximum Gasteiger partial charge on any atom is 0.269 e. The average molecular weight is 624 g/mol. The number of nitro benzene ring substituents is 1. The number of non-ortho nitro benzene ring substituents is 1. The normalized spacial score (nSPS) is 14.6. The van der Waals surface area contributed by atoms with E-state index >= 15 is 0 Å². The molecule has 0 aromatic heterocycles. The molecule has 0 atom stereocenters. The summed E-state index contributed by atoms with van der Waals surface area (Å²) in [5.41, 5.74) is 13.5. The van der Waals surface area contributed by atoms with Gasteiger partial charge in [-0.3, -0.25) is 29.9 Å². The summed E-state index contributed by atoms with van der Waals surface area (Å²) in [5, 5.41) is 10.8. The van der Waals surface area contributed by atoms with Crippen molar-refractivity contribution >= 4 is 52.8 Å². The Morgan fingerprint density at radius 2 is 1.33 bits per heavy atom. The molecule has 0 spiro atoms. The van der Waals surface area contributed by atoms with Gasteiger partial charge in [-0.05, 0) is 36.4 Å². The molecule has 4 rings (SSSR count). The number of nitrogen functional groups attached to an aromatic ring is 1. The molecule has 2 aromatic rings. The maximum atomic E-state index is 10.8. The summed E-state index contributed by atoms with van der Waals surface area (Å²) in [7, 11) is 17.0. The average Bonchev–Trinajstić information content (AvgIpc) is 3.38. The van der Waals surface area contributed by atoms with Gasteiger partial charge in [-0.15, -0.1) is 0 Å². The summed E-state index contributed by atoms with van der Waals surface area (Å²) in [4.78, 5) is 42.7. The topological polar surface area (TPSA) is 137 Å². The van der Waals surface area contributed by atoms with Crippen LogP contribution in [0.1, 0.15) is 24.0 Å². The maximum absolute atomic E-state index is 10.8. The van der Waals surface area contributed by atoms with Gasteiger partial charge in [0, 0.05) is 99.5 Å². The zero-order valence-corrected chi connectivity index (χ0v) is 26.7. The van der Waals surface area contributed by atoms with Crippen molar-refractivity contribution in [2.24, 2.45) is 9.98 Å². The van der Waals surface area contributed by atoms with Gasteiger partial charge < -0.3 is 15.5 Å². The van der Waals surface area contributed by atoms with E-state index in [1.807, 2.05) is 24.3 Å². The lowest BCUT2D eigenvalue weighted by Crippen LogP contribution is -2.26. The number of hydrogen-bond donors (Lipinski definition) is 1. The Morgan fingerprint density at radius 1 is 0.870 bits per heavy atom. The number of rotatable bonds is 7. The molecular formula is C30H40B4N6O6. The molecule has 0 unspecified atom stereocenters. The Balaban J connectivity index is 0.000000375. The van der Waals surface area contributed by atoms with Gasteiger partial charge in [0.1, 0.15) is 0 Å². The molecular weight excluding hydrogens is 584 g/mol. The fourth-order valence-corrected chi connectivity index (χ4v) is 4.14. The Hall–Kier alpha value is -4.02. The predicted molar refractivity (Wildman–Crippen MR) is 186 cm³/mol. The molecule has 2 aliphatic heterocycles. The summed E-state index contributed by atoms with van der Waals surface area (Å²) in [5.74, 6) is 1.27. The highest BCUT2D eigenvalue weighted by molar-refractivity contribution is 7.49. The lowest BCUT2D eigenvalue weighted by molar-refractivity contribution is -0.384. The molecule has 238 valence electrons. The van der Waals surface area contributed by atoms with Crippen LogP contribution in [0.5, 0.6) is 0 Å². The Bertz CT molecular complexity index is 1310. The lowest BCUT2D eigenvalue weighted by atomic mass is 9.08. The van der Waals surface area contributed by atoms with Gasteiger partial charge in [0.25, 0.3) is 5.69 Å². The zero-order valence-electron chi connectivity index (χ0n) is 26.7. The van der Waals surface area contributed by atoms with Crippen LogP contribution >= 0.6 is 0 Å². The van der Waals surface area contributed by atoms with Crippen molar-refractivity contribution in [3.05, 3.63) is 94.4 Å². The van der Waals surface area contributed by atoms with Gasteiger partial charge in [-0.1, -0.05) is 35.7 Å². The van der Waals surface area contributed by atoms with Crippen molar-refractivity contribution in [3.8, 4) is 0 Å². The van der Waals surface area contributed by atoms with Gasteiger partial charge >= 0.3 is 0 Å². The number of aliphatic imine (C=N–C) groups is 2. The van der Waals surface area contributed by atoms with E-state index in [0.29, 0.717) is 31.3 Å². The van der Waals surface area contributed by atoms with Gasteiger partial charge in [0.05, 0.1) is 32.2 Å². The molecule has 0 saturated heterocycles. The number of nitrogens with two attached hydrogens (primary N) is 1. The molecule has 2 N–H and O–H groups in total. The first-order valence-corrected chi connectivity index (χ1v) is 14.4. The molecule has 2 heterocycles. The first kappa shape index (κ1) is 40.0. The minimum Gasteiger partial charge on any atom is -0.399 e. The monoisotopic (exact) mass is 624 g/mol. The molecule has 2 aliphatic rings. The van der Waals surface area contributed by atoms with E-state index in [4.69, 9.17) is 15.5 Å². The van der Waals surface area contributed by atoms with Crippen molar-refractivity contribution in [1.29, 1.82) is 0 Å². The van der Waals surface area contributed by atoms with Crippen molar-refractivity contribution in [1.82, 2.24) is 9.80 Å². The van der Waals surface area contributed by atoms with E-state index in [1.165, 1.54) is 25.8 Å². The van der Waals surface area contributed by atoms with Gasteiger partial charge in [-0.2, -0.15) is 9.78 Å². The summed E-state index contributed by atoms with van der Waals surface area (Å²) >= 11 is 0. The van der Waals surface area contributed by atoms with Crippen LogP contribution in [0.15, 0.2) is 83.1 Å². The summed E-state index contributed by atoms with van der Waals surface area (Å²) < 4.78 is 0. The second-order valence-electron chi connectivity index (χ2n) is 9.71. The second kappa shape index (κ2) is 24.2. The highest BCUT2D eigenvalue weighted by Gasteiger charge is 2.15. The molecule has 0 bridgehead atoms. The minimum absolute atomic E-state index is 0.122. The van der Waals surface area contributed by atoms with Crippen molar-refractivity contribution in [3.63, 3.8) is 0 Å². The highest BCUT2D eigenvalue weighted by atomic mass is 17.2. The molecule has 16 heteroatoms. The van der Waals surface area contributed by atoms with Crippen molar-refractivity contribution in [2.75, 3.05) is 59.2 Å². The Labute approximate surface area is 276 Å². The lowest BCUT2D eigenvalue weighted by Gasteiger charge is -2.19. The van der Waals surface area contributed by atoms with Crippen LogP contribution in [0.3, 0.4) is 0 Å². The largest absolute Gasteiger partial charge is 0.399 e. The van der Waals surface area contributed by atoms with E-state index in [2.05, 4.69) is 83.5 Å². The highest BCUT2D eigenvalue weighted by Crippen LogP contribution is 2.16. The molecule has 2 aromatic carbocycles. The molecule has 6 radical (unpaired) electrons. The number of nitro groups is 1. The molecule has 12 nitrogen and oxygen atoms in total. The smallest absolute Gasteiger partial charge is 0.269 e. The SMILES string of the molecule is C=C=C=C.COOC1=NCCN(Cc2cccc(N)c2)CC1.COOC1=NCCN(Cc2cccc([N+](=O)[O-])c2)CC1.[B]B([B])[B]. The molecule has 0 aliphatic carbocycles. The summed E-state index contributed by atoms with van der Waals surface area (Å²) in [6.45, 7) is 12.7. The van der Waals surface area contributed by atoms with E-state index in [1.54, 1.807) is 12.1 Å². The minimum atomic E-state index is -0.667. The van der Waals surface area contributed by atoms with Crippen LogP contribution in [-0.4, -0.2) is 110 Å². The fraction of sp³-hybridized carbons (Fsp3) is 0.400. The predicted octanol–water partition coefficient (Wildman–Crippen LogP) is 2.82. The third-order valence-corrected chi connectivity index (χ3v) is 6.06. The number of anilines is 1. The van der Waals surface area contributed by atoms with Crippen LogP contribution in [-0.2, 0) is 32.6 Å². The molecule has 0 saturated carbocycles. The van der Waals surface area contributed by atoms with E-state index < -0.39 is 6.39 Å². The Kier molecular flexibility index (Phi) is 21.1. The van der Waals surface area contributed by atoms with Crippen LogP contribution < -0.4 is 5.73 Å². The Morgan fingerprint density at radius 3 is 1.74 bits per heavy atom.